The van der Waals surface area contributed by atoms with Gasteiger partial charge in [0, 0.05) is 17.7 Å². The largest absolute Gasteiger partial charge is 0.504 e. The number of hydrogen-bond acceptors (Lipinski definition) is 4. The van der Waals surface area contributed by atoms with Gasteiger partial charge in [0.05, 0.1) is 7.11 Å². The predicted molar refractivity (Wildman–Crippen MR) is 91.4 cm³/mol. The second kappa shape index (κ2) is 6.58. The minimum Gasteiger partial charge on any atom is -0.504 e. The number of rotatable bonds is 4. The Morgan fingerprint density at radius 2 is 2.04 bits per heavy atom. The maximum absolute atomic E-state index is 12.3. The van der Waals surface area contributed by atoms with Gasteiger partial charge in [-0.3, -0.25) is 9.59 Å². The van der Waals surface area contributed by atoms with Crippen molar-refractivity contribution in [1.82, 2.24) is 0 Å². The van der Waals surface area contributed by atoms with E-state index in [1.165, 1.54) is 19.3 Å². The minimum absolute atomic E-state index is 0.00255. The molecule has 0 bridgehead atoms. The Bertz CT molecular complexity index is 839. The zero-order chi connectivity index (χ0) is 17.1. The van der Waals surface area contributed by atoms with Gasteiger partial charge in [0.2, 0.25) is 5.91 Å². The summed E-state index contributed by atoms with van der Waals surface area (Å²) in [6.45, 7) is 0. The smallest absolute Gasteiger partial charge is 0.224 e. The summed E-state index contributed by atoms with van der Waals surface area (Å²) in [5.74, 6) is 0.288. The number of ketones is 1. The molecule has 0 saturated heterocycles. The molecule has 2 N–H and O–H groups in total. The average Bonchev–Trinajstić information content (AvgIpc) is 2.60. The number of carbonyl (C=O) groups is 2. The average molecular weight is 323 g/mol. The Morgan fingerprint density at radius 1 is 1.21 bits per heavy atom. The van der Waals surface area contributed by atoms with Crippen LogP contribution >= 0.6 is 0 Å². The second-order valence-electron chi connectivity index (χ2n) is 5.55. The van der Waals surface area contributed by atoms with Crippen molar-refractivity contribution in [3.8, 4) is 11.5 Å². The fourth-order valence-corrected chi connectivity index (χ4v) is 2.60. The lowest BCUT2D eigenvalue weighted by Crippen LogP contribution is -2.19. The number of anilines is 1. The summed E-state index contributed by atoms with van der Waals surface area (Å²) >= 11 is 0. The van der Waals surface area contributed by atoms with Crippen molar-refractivity contribution >= 4 is 23.5 Å². The van der Waals surface area contributed by atoms with Crippen LogP contribution in [0, 0.1) is 0 Å². The van der Waals surface area contributed by atoms with Crippen molar-refractivity contribution in [1.29, 1.82) is 0 Å². The van der Waals surface area contributed by atoms with E-state index in [9.17, 15) is 14.7 Å². The third kappa shape index (κ3) is 3.30. The van der Waals surface area contributed by atoms with Gasteiger partial charge in [-0.1, -0.05) is 12.1 Å². The van der Waals surface area contributed by atoms with Gasteiger partial charge in [0.1, 0.15) is 0 Å². The molecule has 2 aromatic carbocycles. The van der Waals surface area contributed by atoms with Gasteiger partial charge in [0.25, 0.3) is 0 Å². The van der Waals surface area contributed by atoms with Crippen LogP contribution in [0.1, 0.15) is 27.9 Å². The van der Waals surface area contributed by atoms with E-state index in [-0.39, 0.29) is 17.4 Å². The van der Waals surface area contributed by atoms with Crippen LogP contribution < -0.4 is 10.1 Å². The molecule has 1 amide bonds. The molecule has 0 unspecified atom stereocenters. The lowest BCUT2D eigenvalue weighted by Gasteiger charge is -2.16. The fourth-order valence-electron chi connectivity index (χ4n) is 2.60. The summed E-state index contributed by atoms with van der Waals surface area (Å²) in [5, 5.41) is 12.4. The molecule has 0 fully saturated rings. The Hall–Kier alpha value is -3.08. The monoisotopic (exact) mass is 323 g/mol. The van der Waals surface area contributed by atoms with E-state index in [4.69, 9.17) is 4.74 Å². The van der Waals surface area contributed by atoms with Gasteiger partial charge < -0.3 is 15.2 Å². The molecule has 0 aromatic heterocycles. The van der Waals surface area contributed by atoms with Crippen molar-refractivity contribution in [2.45, 2.75) is 12.8 Å². The number of ether oxygens (including phenoxy) is 1. The van der Waals surface area contributed by atoms with Gasteiger partial charge in [-0.2, -0.15) is 0 Å². The van der Waals surface area contributed by atoms with Crippen molar-refractivity contribution in [3.63, 3.8) is 0 Å². The molecule has 0 spiro atoms. The van der Waals surface area contributed by atoms with Crippen LogP contribution in [0.3, 0.4) is 0 Å². The minimum atomic E-state index is -0.123. The van der Waals surface area contributed by atoms with Crippen LogP contribution in [0.5, 0.6) is 11.5 Å². The highest BCUT2D eigenvalue weighted by molar-refractivity contribution is 6.07. The number of benzene rings is 2. The first-order valence-corrected chi connectivity index (χ1v) is 7.59. The Kier molecular flexibility index (Phi) is 4.33. The molecule has 0 radical (unpaired) electrons. The number of allylic oxidation sites excluding steroid dienone is 1. The molecular formula is C19H17NO4. The summed E-state index contributed by atoms with van der Waals surface area (Å²) in [6.07, 6.45) is 4.23. The molecule has 1 aliphatic heterocycles. The highest BCUT2D eigenvalue weighted by Crippen LogP contribution is 2.27. The molecule has 1 heterocycles. The zero-order valence-corrected chi connectivity index (χ0v) is 13.2. The lowest BCUT2D eigenvalue weighted by molar-refractivity contribution is -0.116. The van der Waals surface area contributed by atoms with E-state index < -0.39 is 0 Å². The number of methoxy groups -OCH3 is 1. The maximum Gasteiger partial charge on any atom is 0.224 e. The summed E-state index contributed by atoms with van der Waals surface area (Å²) in [5.41, 5.74) is 3.07. The number of phenolic OH excluding ortho intramolecular Hbond substituents is 1. The summed E-state index contributed by atoms with van der Waals surface area (Å²) in [7, 11) is 1.47. The van der Waals surface area contributed by atoms with Gasteiger partial charge in [-0.15, -0.1) is 0 Å². The molecule has 122 valence electrons. The van der Waals surface area contributed by atoms with Crippen molar-refractivity contribution < 1.29 is 19.4 Å². The SMILES string of the molecule is COc1cc(/C=C\C(=O)c2ccc3c(c2)CCC(=O)N3)ccc1O. The quantitative estimate of drug-likeness (QED) is 0.669. The van der Waals surface area contributed by atoms with E-state index >= 15 is 0 Å². The Labute approximate surface area is 139 Å². The molecule has 5 heteroatoms. The third-order valence-electron chi connectivity index (χ3n) is 3.92. The second-order valence-corrected chi connectivity index (χ2v) is 5.55. The van der Waals surface area contributed by atoms with Crippen LogP contribution in [0.25, 0.3) is 6.08 Å². The number of phenols is 1. The van der Waals surface area contributed by atoms with Crippen LogP contribution in [0.15, 0.2) is 42.5 Å². The summed E-state index contributed by atoms with van der Waals surface area (Å²) in [4.78, 5) is 23.7. The van der Waals surface area contributed by atoms with E-state index in [1.54, 1.807) is 30.3 Å². The van der Waals surface area contributed by atoms with Crippen molar-refractivity contribution in [2.75, 3.05) is 12.4 Å². The molecule has 2 aromatic rings. The molecule has 0 saturated carbocycles. The first-order valence-electron chi connectivity index (χ1n) is 7.59. The van der Waals surface area contributed by atoms with Gasteiger partial charge >= 0.3 is 0 Å². The van der Waals surface area contributed by atoms with E-state index in [2.05, 4.69) is 5.32 Å². The van der Waals surface area contributed by atoms with Crippen LogP contribution in [0.2, 0.25) is 0 Å². The molecule has 5 nitrogen and oxygen atoms in total. The zero-order valence-electron chi connectivity index (χ0n) is 13.2. The van der Waals surface area contributed by atoms with E-state index in [0.29, 0.717) is 24.2 Å². The molecular weight excluding hydrogens is 306 g/mol. The van der Waals surface area contributed by atoms with Gasteiger partial charge in [-0.25, -0.2) is 0 Å². The molecule has 0 aliphatic carbocycles. The lowest BCUT2D eigenvalue weighted by atomic mass is 9.98. The molecule has 3 rings (SSSR count). The Morgan fingerprint density at radius 3 is 2.83 bits per heavy atom. The summed E-state index contributed by atoms with van der Waals surface area (Å²) < 4.78 is 5.04. The van der Waals surface area contributed by atoms with E-state index in [0.717, 1.165) is 16.8 Å². The van der Waals surface area contributed by atoms with Gasteiger partial charge in [-0.05, 0) is 54.0 Å². The first kappa shape index (κ1) is 15.8. The Balaban J connectivity index is 1.79. The van der Waals surface area contributed by atoms with Crippen LogP contribution in [0.4, 0.5) is 5.69 Å². The highest BCUT2D eigenvalue weighted by atomic mass is 16.5. The van der Waals surface area contributed by atoms with Crippen molar-refractivity contribution in [3.05, 3.63) is 59.2 Å². The molecule has 0 atom stereocenters. The summed E-state index contributed by atoms with van der Waals surface area (Å²) in [6, 6.07) is 10.2. The topological polar surface area (TPSA) is 75.6 Å². The normalized spacial score (nSPS) is 13.5. The van der Waals surface area contributed by atoms with Crippen LogP contribution in [-0.4, -0.2) is 23.9 Å². The molecule has 1 aliphatic rings. The highest BCUT2D eigenvalue weighted by Gasteiger charge is 2.15. The maximum atomic E-state index is 12.3. The number of fused-ring (bicyclic) bond motifs is 1. The van der Waals surface area contributed by atoms with Crippen LogP contribution in [-0.2, 0) is 11.2 Å². The molecule has 24 heavy (non-hydrogen) atoms. The predicted octanol–water partition coefficient (Wildman–Crippen LogP) is 3.18. The number of aromatic hydroxyl groups is 1. The van der Waals surface area contributed by atoms with E-state index in [1.807, 2.05) is 6.07 Å². The number of hydrogen-bond donors (Lipinski definition) is 2. The third-order valence-corrected chi connectivity index (χ3v) is 3.92. The van der Waals surface area contributed by atoms with Gasteiger partial charge in [0.15, 0.2) is 17.3 Å². The number of nitrogens with one attached hydrogen (secondary N) is 1. The number of aryl methyl sites for hydroxylation is 1. The van der Waals surface area contributed by atoms with Crippen molar-refractivity contribution in [2.24, 2.45) is 0 Å². The number of carbonyl (C=O) groups excluding carboxylic acids is 2. The standard InChI is InChI=1S/C19H17NO4/c1-24-18-10-12(3-8-17(18)22)2-7-16(21)14-4-6-15-13(11-14)5-9-19(23)20-15/h2-4,6-8,10-11,22H,5,9H2,1H3,(H,20,23)/b7-2-. The first-order chi connectivity index (χ1) is 11.6. The number of amides is 1. The fraction of sp³-hybridized carbons (Fsp3) is 0.158.